The summed E-state index contributed by atoms with van der Waals surface area (Å²) in [7, 11) is 0. The summed E-state index contributed by atoms with van der Waals surface area (Å²) in [5.74, 6) is 2.32. The zero-order chi connectivity index (χ0) is 33.7. The number of carbonyl (C=O) groups is 1. The molecule has 3 N–H and O–H groups in total. The van der Waals surface area contributed by atoms with Crippen LogP contribution in [0, 0.1) is 0 Å². The highest BCUT2D eigenvalue weighted by atomic mass is 32.2. The van der Waals surface area contributed by atoms with Gasteiger partial charge in [0, 0.05) is 35.2 Å². The molecular weight excluding hydrogens is 629 g/mol. The van der Waals surface area contributed by atoms with Gasteiger partial charge in [-0.15, -0.1) is 11.8 Å². The van der Waals surface area contributed by atoms with Gasteiger partial charge in [-0.25, -0.2) is 19.4 Å². The smallest absolute Gasteiger partial charge is 0.324 e. The molecule has 13 heteroatoms. The number of hydrogen-bond acceptors (Lipinski definition) is 9. The molecular formula is C35H40N8O4S. The number of aromatic amines is 1. The normalized spacial score (nSPS) is 13.8. The number of benzene rings is 2. The molecule has 48 heavy (non-hydrogen) atoms. The first-order chi connectivity index (χ1) is 23.2. The van der Waals surface area contributed by atoms with Crippen LogP contribution >= 0.6 is 11.8 Å². The van der Waals surface area contributed by atoms with E-state index in [1.165, 1.54) is 37.2 Å². The number of piperidine rings is 1. The predicted molar refractivity (Wildman–Crippen MR) is 189 cm³/mol. The Labute approximate surface area is 283 Å². The number of hydrogen-bond donors (Lipinski definition) is 3. The second-order valence-corrected chi connectivity index (χ2v) is 13.5. The van der Waals surface area contributed by atoms with E-state index >= 15 is 0 Å². The average Bonchev–Trinajstić information content (AvgIpc) is 3.50. The van der Waals surface area contributed by atoms with E-state index in [1.54, 1.807) is 29.1 Å². The van der Waals surface area contributed by atoms with E-state index in [4.69, 9.17) is 14.6 Å². The van der Waals surface area contributed by atoms with Crippen LogP contribution in [-0.4, -0.2) is 68.2 Å². The van der Waals surface area contributed by atoms with E-state index in [0.29, 0.717) is 40.8 Å². The van der Waals surface area contributed by atoms with Crippen LogP contribution in [0.4, 0.5) is 16.3 Å². The first kappa shape index (κ1) is 33.0. The summed E-state index contributed by atoms with van der Waals surface area (Å²) in [6, 6.07) is 16.3. The SMILES string of the molecule is CSc1cc(Oc2ccnc3[nH]c(=O)cnc23)ccc1NC(=O)Nc1cc(C(C)(C)C)nn1-c1ccc(OCCN2CCCCC2)cc1. The van der Waals surface area contributed by atoms with Crippen molar-refractivity contribution in [3.63, 3.8) is 0 Å². The number of likely N-dealkylation sites (tertiary alicyclic amines) is 1. The van der Waals surface area contributed by atoms with Gasteiger partial charge in [-0.05, 0) is 74.7 Å². The highest BCUT2D eigenvalue weighted by Gasteiger charge is 2.22. The fraction of sp³-hybridized carbons (Fsp3) is 0.343. The van der Waals surface area contributed by atoms with Crippen LogP contribution in [0.5, 0.6) is 17.2 Å². The maximum Gasteiger partial charge on any atom is 0.324 e. The van der Waals surface area contributed by atoms with E-state index in [9.17, 15) is 9.59 Å². The van der Waals surface area contributed by atoms with Crippen LogP contribution in [0.25, 0.3) is 16.9 Å². The lowest BCUT2D eigenvalue weighted by Gasteiger charge is -2.26. The summed E-state index contributed by atoms with van der Waals surface area (Å²) in [5.41, 5.74) is 2.45. The lowest BCUT2D eigenvalue weighted by Crippen LogP contribution is -2.33. The Bertz CT molecular complexity index is 1950. The molecule has 1 aliphatic rings. The molecule has 5 aromatic rings. The topological polar surface area (TPSA) is 139 Å². The molecule has 0 saturated carbocycles. The Hall–Kier alpha value is -4.88. The molecule has 4 heterocycles. The van der Waals surface area contributed by atoms with Crippen molar-refractivity contribution in [2.24, 2.45) is 0 Å². The molecule has 2 aromatic carbocycles. The summed E-state index contributed by atoms with van der Waals surface area (Å²) < 4.78 is 13.9. The Morgan fingerprint density at radius 1 is 0.979 bits per heavy atom. The van der Waals surface area contributed by atoms with Crippen LogP contribution in [-0.2, 0) is 5.41 Å². The Morgan fingerprint density at radius 3 is 2.50 bits per heavy atom. The molecule has 1 fully saturated rings. The Balaban J connectivity index is 1.15. The fourth-order valence-corrected chi connectivity index (χ4v) is 6.01. The molecule has 0 bridgehead atoms. The number of thioether (sulfide) groups is 1. The van der Waals surface area contributed by atoms with E-state index in [2.05, 4.69) is 51.3 Å². The molecule has 2 amide bonds. The van der Waals surface area contributed by atoms with Crippen LogP contribution < -0.4 is 25.7 Å². The number of rotatable bonds is 10. The number of H-pyrrole nitrogens is 1. The lowest BCUT2D eigenvalue weighted by atomic mass is 9.92. The molecule has 0 aliphatic carbocycles. The third-order valence-electron chi connectivity index (χ3n) is 8.01. The van der Waals surface area contributed by atoms with E-state index in [0.717, 1.165) is 41.7 Å². The summed E-state index contributed by atoms with van der Waals surface area (Å²) in [5, 5.41) is 10.8. The number of nitrogens with zero attached hydrogens (tertiary/aromatic N) is 5. The van der Waals surface area contributed by atoms with E-state index in [1.807, 2.05) is 42.7 Å². The Kier molecular flexibility index (Phi) is 9.97. The van der Waals surface area contributed by atoms with Crippen LogP contribution in [0.3, 0.4) is 0 Å². The van der Waals surface area contributed by atoms with E-state index < -0.39 is 6.03 Å². The minimum absolute atomic E-state index is 0.234. The van der Waals surface area contributed by atoms with Gasteiger partial charge in [0.15, 0.2) is 11.4 Å². The summed E-state index contributed by atoms with van der Waals surface area (Å²) in [4.78, 5) is 39.3. The fourth-order valence-electron chi connectivity index (χ4n) is 5.43. The third kappa shape index (κ3) is 7.97. The molecule has 6 rings (SSSR count). The largest absolute Gasteiger partial charge is 0.492 e. The molecule has 0 radical (unpaired) electrons. The first-order valence-electron chi connectivity index (χ1n) is 16.0. The van der Waals surface area contributed by atoms with Crippen molar-refractivity contribution in [3.05, 3.63) is 83.0 Å². The van der Waals surface area contributed by atoms with Gasteiger partial charge in [-0.3, -0.25) is 15.0 Å². The molecule has 250 valence electrons. The van der Waals surface area contributed by atoms with Gasteiger partial charge in [-0.1, -0.05) is 27.2 Å². The van der Waals surface area contributed by atoms with Crippen molar-refractivity contribution in [2.75, 3.05) is 43.1 Å². The van der Waals surface area contributed by atoms with Gasteiger partial charge in [0.2, 0.25) is 0 Å². The lowest BCUT2D eigenvalue weighted by molar-refractivity contribution is 0.183. The maximum atomic E-state index is 13.4. The van der Waals surface area contributed by atoms with E-state index in [-0.39, 0.29) is 11.0 Å². The zero-order valence-corrected chi connectivity index (χ0v) is 28.4. The minimum atomic E-state index is -0.411. The molecule has 0 spiro atoms. The predicted octanol–water partition coefficient (Wildman–Crippen LogP) is 6.82. The number of urea groups is 1. The Morgan fingerprint density at radius 2 is 1.75 bits per heavy atom. The quantitative estimate of drug-likeness (QED) is 0.137. The second-order valence-electron chi connectivity index (χ2n) is 12.6. The van der Waals surface area contributed by atoms with Crippen molar-refractivity contribution < 1.29 is 14.3 Å². The van der Waals surface area contributed by atoms with Gasteiger partial charge >= 0.3 is 6.03 Å². The van der Waals surface area contributed by atoms with Crippen molar-refractivity contribution in [2.45, 2.75) is 50.3 Å². The van der Waals surface area contributed by atoms with Crippen molar-refractivity contribution >= 4 is 40.5 Å². The number of amides is 2. The third-order valence-corrected chi connectivity index (χ3v) is 8.79. The van der Waals surface area contributed by atoms with Gasteiger partial charge in [0.05, 0.1) is 23.3 Å². The monoisotopic (exact) mass is 668 g/mol. The van der Waals surface area contributed by atoms with Gasteiger partial charge < -0.3 is 19.8 Å². The minimum Gasteiger partial charge on any atom is -0.492 e. The molecule has 0 unspecified atom stereocenters. The van der Waals surface area contributed by atoms with Crippen molar-refractivity contribution in [1.82, 2.24) is 29.6 Å². The summed E-state index contributed by atoms with van der Waals surface area (Å²) >= 11 is 1.47. The number of carbonyl (C=O) groups excluding carboxylic acids is 1. The number of anilines is 2. The number of aromatic nitrogens is 5. The maximum absolute atomic E-state index is 13.4. The zero-order valence-electron chi connectivity index (χ0n) is 27.6. The number of nitrogens with one attached hydrogen (secondary N) is 3. The van der Waals surface area contributed by atoms with Crippen LogP contribution in [0.2, 0.25) is 0 Å². The molecule has 1 aliphatic heterocycles. The summed E-state index contributed by atoms with van der Waals surface area (Å²) in [6.07, 6.45) is 8.49. The van der Waals surface area contributed by atoms with Crippen LogP contribution in [0.15, 0.2) is 76.7 Å². The van der Waals surface area contributed by atoms with Gasteiger partial charge in [0.1, 0.15) is 29.4 Å². The van der Waals surface area contributed by atoms with Crippen molar-refractivity contribution in [3.8, 4) is 22.9 Å². The molecule has 1 saturated heterocycles. The second kappa shape index (κ2) is 14.5. The average molecular weight is 669 g/mol. The molecule has 0 atom stereocenters. The number of pyridine rings is 1. The highest BCUT2D eigenvalue weighted by molar-refractivity contribution is 7.98. The molecule has 3 aromatic heterocycles. The van der Waals surface area contributed by atoms with Gasteiger partial charge in [-0.2, -0.15) is 5.10 Å². The van der Waals surface area contributed by atoms with Gasteiger partial charge in [0.25, 0.3) is 5.56 Å². The highest BCUT2D eigenvalue weighted by Crippen LogP contribution is 2.34. The van der Waals surface area contributed by atoms with Crippen molar-refractivity contribution in [1.29, 1.82) is 0 Å². The summed E-state index contributed by atoms with van der Waals surface area (Å²) in [6.45, 7) is 10.1. The number of ether oxygens (including phenoxy) is 2. The first-order valence-corrected chi connectivity index (χ1v) is 17.2. The van der Waals surface area contributed by atoms with Crippen LogP contribution in [0.1, 0.15) is 45.7 Å². The molecule has 12 nitrogen and oxygen atoms in total. The standard InChI is InChI=1S/C35H40N8O4S/c1-35(2,3)29-21-30(43(41-29)23-8-10-24(11-9-23)46-19-18-42-16-6-5-7-17-42)39-34(45)38-26-13-12-25(20-28(26)48-4)47-27-14-15-36-33-32(27)37-22-31(44)40-33/h8-15,20-22H,5-7,16-19H2,1-4H3,(H,36,40,44)(H2,38,39,45). The number of fused-ring (bicyclic) bond motifs is 1.